The standard InChI is InChI=1S/C27H31FN8O2/c1-4-5-9-24(35(2)3)19-7-6-8-20(16-19)31-21-10-11-23(29-17-21)26(37)33-34-27-30-18-22(28)25(32-27)36-12-14-38-15-13-36/h4-11,16-18,31H,12-15H2,1-3H3,(H,33,37)(H,30,32,34)/b5-4+,24-9-. The van der Waals surface area contributed by atoms with E-state index in [1.54, 1.807) is 23.2 Å². The number of pyridine rings is 1. The second-order valence-corrected chi connectivity index (χ2v) is 8.65. The minimum absolute atomic E-state index is 0.0694. The van der Waals surface area contributed by atoms with Crippen molar-refractivity contribution in [3.05, 3.63) is 84.1 Å². The summed E-state index contributed by atoms with van der Waals surface area (Å²) in [7, 11) is 4.01. The van der Waals surface area contributed by atoms with Crippen LogP contribution in [0.3, 0.4) is 0 Å². The molecule has 1 saturated heterocycles. The van der Waals surface area contributed by atoms with E-state index in [-0.39, 0.29) is 17.5 Å². The van der Waals surface area contributed by atoms with Gasteiger partial charge in [-0.25, -0.2) is 14.4 Å². The van der Waals surface area contributed by atoms with Crippen LogP contribution in [-0.4, -0.2) is 66.2 Å². The van der Waals surface area contributed by atoms with E-state index >= 15 is 0 Å². The Balaban J connectivity index is 1.38. The van der Waals surface area contributed by atoms with Crippen LogP contribution >= 0.6 is 0 Å². The number of carbonyl (C=O) groups is 1. The molecule has 1 aromatic carbocycles. The largest absolute Gasteiger partial charge is 0.378 e. The van der Waals surface area contributed by atoms with E-state index in [2.05, 4.69) is 42.1 Å². The number of rotatable bonds is 9. The third-order valence-corrected chi connectivity index (χ3v) is 5.70. The highest BCUT2D eigenvalue weighted by molar-refractivity contribution is 5.93. The first-order chi connectivity index (χ1) is 18.4. The molecule has 1 aliphatic rings. The Kier molecular flexibility index (Phi) is 8.83. The first-order valence-electron chi connectivity index (χ1n) is 12.2. The molecule has 198 valence electrons. The monoisotopic (exact) mass is 518 g/mol. The molecule has 4 rings (SSSR count). The Bertz CT molecular complexity index is 1300. The van der Waals surface area contributed by atoms with Crippen molar-refractivity contribution in [3.8, 4) is 0 Å². The fourth-order valence-corrected chi connectivity index (χ4v) is 3.81. The second kappa shape index (κ2) is 12.6. The van der Waals surface area contributed by atoms with E-state index < -0.39 is 11.7 Å². The van der Waals surface area contributed by atoms with Crippen LogP contribution in [0.15, 0.2) is 67.0 Å². The van der Waals surface area contributed by atoms with Crippen molar-refractivity contribution in [1.82, 2.24) is 25.3 Å². The van der Waals surface area contributed by atoms with Gasteiger partial charge in [0, 0.05) is 38.6 Å². The minimum Gasteiger partial charge on any atom is -0.378 e. The van der Waals surface area contributed by atoms with Gasteiger partial charge in [-0.15, -0.1) is 0 Å². The van der Waals surface area contributed by atoms with Crippen LogP contribution in [0.1, 0.15) is 23.0 Å². The summed E-state index contributed by atoms with van der Waals surface area (Å²) >= 11 is 0. The molecule has 0 bridgehead atoms. The highest BCUT2D eigenvalue weighted by atomic mass is 19.1. The molecule has 2 aromatic heterocycles. The number of morpholine rings is 1. The zero-order valence-electron chi connectivity index (χ0n) is 21.6. The van der Waals surface area contributed by atoms with E-state index in [9.17, 15) is 9.18 Å². The fraction of sp³-hybridized carbons (Fsp3) is 0.259. The van der Waals surface area contributed by atoms with E-state index in [1.165, 1.54) is 0 Å². The predicted molar refractivity (Wildman–Crippen MR) is 147 cm³/mol. The molecule has 0 atom stereocenters. The Labute approximate surface area is 221 Å². The maximum absolute atomic E-state index is 14.2. The van der Waals surface area contributed by atoms with Gasteiger partial charge in [-0.2, -0.15) is 4.98 Å². The molecule has 0 unspecified atom stereocenters. The summed E-state index contributed by atoms with van der Waals surface area (Å²) in [6.45, 7) is 4.02. The molecule has 0 aliphatic carbocycles. The number of hydrogen-bond donors (Lipinski definition) is 3. The molecule has 38 heavy (non-hydrogen) atoms. The molecule has 10 nitrogen and oxygen atoms in total. The number of hydrogen-bond acceptors (Lipinski definition) is 9. The molecule has 3 N–H and O–H groups in total. The topological polar surface area (TPSA) is 108 Å². The summed E-state index contributed by atoms with van der Waals surface area (Å²) in [4.78, 5) is 28.7. The van der Waals surface area contributed by atoms with Crippen LogP contribution in [0, 0.1) is 5.82 Å². The number of aromatic nitrogens is 3. The zero-order valence-corrected chi connectivity index (χ0v) is 21.6. The van der Waals surface area contributed by atoms with Crippen LogP contribution < -0.4 is 21.1 Å². The van der Waals surface area contributed by atoms with Gasteiger partial charge in [0.2, 0.25) is 5.95 Å². The molecular weight excluding hydrogens is 487 g/mol. The van der Waals surface area contributed by atoms with E-state index in [0.717, 1.165) is 28.8 Å². The second-order valence-electron chi connectivity index (χ2n) is 8.65. The SMILES string of the molecule is C/C=C/C=C(/c1cccc(Nc2ccc(C(=O)NNc3ncc(F)c(N4CCOCC4)n3)nc2)c1)N(C)C. The molecule has 0 spiro atoms. The Morgan fingerprint density at radius 1 is 1.11 bits per heavy atom. The summed E-state index contributed by atoms with van der Waals surface area (Å²) in [6.07, 6.45) is 8.69. The summed E-state index contributed by atoms with van der Waals surface area (Å²) in [5.41, 5.74) is 9.08. The third kappa shape index (κ3) is 6.83. The lowest BCUT2D eigenvalue weighted by atomic mass is 10.1. The average molecular weight is 519 g/mol. The van der Waals surface area contributed by atoms with Crippen molar-refractivity contribution in [2.45, 2.75) is 6.92 Å². The smallest absolute Gasteiger partial charge is 0.288 e. The number of benzene rings is 1. The molecule has 0 saturated carbocycles. The summed E-state index contributed by atoms with van der Waals surface area (Å²) in [6, 6.07) is 11.4. The van der Waals surface area contributed by atoms with Crippen molar-refractivity contribution in [1.29, 1.82) is 0 Å². The van der Waals surface area contributed by atoms with E-state index in [0.29, 0.717) is 26.3 Å². The molecule has 1 amide bonds. The normalized spacial score (nSPS) is 13.9. The van der Waals surface area contributed by atoms with Gasteiger partial charge in [-0.3, -0.25) is 15.6 Å². The van der Waals surface area contributed by atoms with E-state index in [1.807, 2.05) is 57.4 Å². The summed E-state index contributed by atoms with van der Waals surface area (Å²) in [5.74, 6) is -0.789. The minimum atomic E-state index is -0.536. The van der Waals surface area contributed by atoms with Gasteiger partial charge in [0.15, 0.2) is 11.6 Å². The van der Waals surface area contributed by atoms with Crippen LogP contribution in [0.4, 0.5) is 27.5 Å². The number of halogens is 1. The lowest BCUT2D eigenvalue weighted by Gasteiger charge is -2.28. The molecule has 3 aromatic rings. The van der Waals surface area contributed by atoms with Crippen molar-refractivity contribution in [2.24, 2.45) is 0 Å². The van der Waals surface area contributed by atoms with Gasteiger partial charge in [0.1, 0.15) is 5.69 Å². The van der Waals surface area contributed by atoms with Gasteiger partial charge in [0.05, 0.1) is 31.3 Å². The van der Waals surface area contributed by atoms with Gasteiger partial charge in [-0.05, 0) is 42.8 Å². The number of hydrazine groups is 1. The molecule has 1 fully saturated rings. The molecule has 3 heterocycles. The number of nitrogens with one attached hydrogen (secondary N) is 3. The first kappa shape index (κ1) is 26.6. The maximum Gasteiger partial charge on any atom is 0.288 e. The highest BCUT2D eigenvalue weighted by Gasteiger charge is 2.18. The van der Waals surface area contributed by atoms with Crippen molar-refractivity contribution >= 4 is 34.7 Å². The predicted octanol–water partition coefficient (Wildman–Crippen LogP) is 3.83. The quantitative estimate of drug-likeness (QED) is 0.288. The molecular formula is C27H31FN8O2. The fourth-order valence-electron chi connectivity index (χ4n) is 3.81. The van der Waals surface area contributed by atoms with Crippen molar-refractivity contribution in [3.63, 3.8) is 0 Å². The Hall–Kier alpha value is -4.51. The summed E-state index contributed by atoms with van der Waals surface area (Å²) < 4.78 is 19.5. The number of nitrogens with zero attached hydrogens (tertiary/aromatic N) is 5. The number of ether oxygens (including phenoxy) is 1. The Morgan fingerprint density at radius 3 is 2.63 bits per heavy atom. The van der Waals surface area contributed by atoms with Crippen molar-refractivity contribution < 1.29 is 13.9 Å². The number of amides is 1. The number of carbonyl (C=O) groups excluding carboxylic acids is 1. The van der Waals surface area contributed by atoms with Crippen LogP contribution in [-0.2, 0) is 4.74 Å². The first-order valence-corrected chi connectivity index (χ1v) is 12.2. The van der Waals surface area contributed by atoms with Crippen LogP contribution in [0.25, 0.3) is 5.70 Å². The van der Waals surface area contributed by atoms with Gasteiger partial charge < -0.3 is 19.9 Å². The van der Waals surface area contributed by atoms with Gasteiger partial charge in [-0.1, -0.05) is 24.3 Å². The average Bonchev–Trinajstić information content (AvgIpc) is 2.93. The van der Waals surface area contributed by atoms with Gasteiger partial charge >= 0.3 is 0 Å². The number of allylic oxidation sites excluding steroid dienone is 3. The van der Waals surface area contributed by atoms with E-state index in [4.69, 9.17) is 4.74 Å². The maximum atomic E-state index is 14.2. The van der Waals surface area contributed by atoms with Crippen LogP contribution in [0.5, 0.6) is 0 Å². The lowest BCUT2D eigenvalue weighted by molar-refractivity contribution is 0.0957. The third-order valence-electron chi connectivity index (χ3n) is 5.70. The highest BCUT2D eigenvalue weighted by Crippen LogP contribution is 2.23. The molecule has 11 heteroatoms. The van der Waals surface area contributed by atoms with Crippen molar-refractivity contribution in [2.75, 3.05) is 56.0 Å². The van der Waals surface area contributed by atoms with Gasteiger partial charge in [0.25, 0.3) is 5.91 Å². The number of anilines is 4. The zero-order chi connectivity index (χ0) is 26.9. The molecule has 1 aliphatic heterocycles. The van der Waals surface area contributed by atoms with Crippen LogP contribution in [0.2, 0.25) is 0 Å². The summed E-state index contributed by atoms with van der Waals surface area (Å²) in [5, 5.41) is 3.32. The molecule has 0 radical (unpaired) electrons. The Morgan fingerprint density at radius 2 is 1.92 bits per heavy atom. The lowest BCUT2D eigenvalue weighted by Crippen LogP contribution is -2.38.